The zero-order valence-electron chi connectivity index (χ0n) is 16.5. The van der Waals surface area contributed by atoms with E-state index in [1.54, 1.807) is 0 Å². The van der Waals surface area contributed by atoms with E-state index in [0.29, 0.717) is 0 Å². The minimum absolute atomic E-state index is 0.0848. The van der Waals surface area contributed by atoms with Gasteiger partial charge in [-0.15, -0.1) is 0 Å². The summed E-state index contributed by atoms with van der Waals surface area (Å²) in [7, 11) is 0. The molecule has 3 aromatic rings. The predicted molar refractivity (Wildman–Crippen MR) is 107 cm³/mol. The highest BCUT2D eigenvalue weighted by atomic mass is 19.1. The lowest BCUT2D eigenvalue weighted by Crippen LogP contribution is -2.25. The first-order chi connectivity index (χ1) is 12.9. The molecule has 0 amide bonds. The van der Waals surface area contributed by atoms with Gasteiger partial charge in [0.25, 0.3) is 0 Å². The molecule has 5 heteroatoms. The van der Waals surface area contributed by atoms with E-state index in [9.17, 15) is 4.39 Å². The second-order valence-electron chi connectivity index (χ2n) is 8.09. The molecule has 0 saturated heterocycles. The summed E-state index contributed by atoms with van der Waals surface area (Å²) in [5.41, 5.74) is 2.52. The summed E-state index contributed by atoms with van der Waals surface area (Å²) in [5, 5.41) is 0. The maximum absolute atomic E-state index is 13.2. The number of rotatable bonds is 8. The molecule has 0 bridgehead atoms. The molecule has 0 N–H and O–H groups in total. The van der Waals surface area contributed by atoms with Gasteiger partial charge < -0.3 is 9.13 Å². The zero-order chi connectivity index (χ0) is 19.3. The van der Waals surface area contributed by atoms with Crippen LogP contribution < -0.4 is 0 Å². The van der Waals surface area contributed by atoms with Crippen molar-refractivity contribution in [1.82, 2.24) is 19.0 Å². The number of imidazole rings is 1. The van der Waals surface area contributed by atoms with Crippen molar-refractivity contribution in [2.75, 3.05) is 6.54 Å². The summed E-state index contributed by atoms with van der Waals surface area (Å²) in [6, 6.07) is 9.01. The number of benzene rings is 1. The van der Waals surface area contributed by atoms with Crippen LogP contribution in [0.4, 0.5) is 4.39 Å². The van der Waals surface area contributed by atoms with Crippen molar-refractivity contribution in [3.05, 3.63) is 78.4 Å². The van der Waals surface area contributed by atoms with Gasteiger partial charge in [0.2, 0.25) is 0 Å². The van der Waals surface area contributed by atoms with Crippen molar-refractivity contribution >= 4 is 0 Å². The molecule has 4 nitrogen and oxygen atoms in total. The van der Waals surface area contributed by atoms with Gasteiger partial charge in [0.05, 0.1) is 6.33 Å². The second-order valence-corrected chi connectivity index (χ2v) is 8.09. The smallest absolute Gasteiger partial charge is 0.123 e. The van der Waals surface area contributed by atoms with E-state index in [1.807, 2.05) is 30.9 Å². The summed E-state index contributed by atoms with van der Waals surface area (Å²) < 4.78 is 17.6. The molecule has 0 aliphatic rings. The average molecular weight is 369 g/mol. The molecule has 0 fully saturated rings. The van der Waals surface area contributed by atoms with Gasteiger partial charge in [-0.25, -0.2) is 9.37 Å². The van der Waals surface area contributed by atoms with E-state index in [1.165, 1.54) is 17.7 Å². The standard InChI is InChI=1S/C22H29FN4/c1-22(2,3)27-13-9-20(17-27)16-26(12-4-11-25-14-10-24-18-25)15-19-5-7-21(23)8-6-19/h5-10,13-14,17-18H,4,11-12,15-16H2,1-3H3. The number of hydrogen-bond donors (Lipinski definition) is 0. The van der Waals surface area contributed by atoms with E-state index < -0.39 is 0 Å². The van der Waals surface area contributed by atoms with Gasteiger partial charge in [-0.3, -0.25) is 4.90 Å². The largest absolute Gasteiger partial charge is 0.349 e. The Morgan fingerprint density at radius 1 is 1.00 bits per heavy atom. The maximum atomic E-state index is 13.2. The van der Waals surface area contributed by atoms with Crippen molar-refractivity contribution in [2.24, 2.45) is 0 Å². The van der Waals surface area contributed by atoms with Gasteiger partial charge >= 0.3 is 0 Å². The first-order valence-electron chi connectivity index (χ1n) is 9.50. The molecule has 27 heavy (non-hydrogen) atoms. The zero-order valence-corrected chi connectivity index (χ0v) is 16.5. The SMILES string of the molecule is CC(C)(C)n1ccc(CN(CCCn2ccnc2)Cc2ccc(F)cc2)c1. The van der Waals surface area contributed by atoms with Crippen LogP contribution in [0.25, 0.3) is 0 Å². The van der Waals surface area contributed by atoms with E-state index in [2.05, 4.69) is 58.2 Å². The monoisotopic (exact) mass is 368 g/mol. The molecule has 3 rings (SSSR count). The normalized spacial score (nSPS) is 12.0. The third-order valence-corrected chi connectivity index (χ3v) is 4.70. The van der Waals surface area contributed by atoms with Crippen LogP contribution >= 0.6 is 0 Å². The fourth-order valence-electron chi connectivity index (χ4n) is 3.17. The molecule has 0 radical (unpaired) electrons. The van der Waals surface area contributed by atoms with Crippen LogP contribution in [-0.2, 0) is 25.2 Å². The summed E-state index contributed by atoms with van der Waals surface area (Å²) >= 11 is 0. The Hall–Kier alpha value is -2.40. The number of hydrogen-bond acceptors (Lipinski definition) is 2. The van der Waals surface area contributed by atoms with E-state index >= 15 is 0 Å². The molecule has 2 aromatic heterocycles. The first-order valence-corrected chi connectivity index (χ1v) is 9.50. The topological polar surface area (TPSA) is 26.0 Å². The van der Waals surface area contributed by atoms with Crippen molar-refractivity contribution in [3.63, 3.8) is 0 Å². The predicted octanol–water partition coefficient (Wildman–Crippen LogP) is 4.67. The van der Waals surface area contributed by atoms with Crippen LogP contribution in [0.1, 0.15) is 38.3 Å². The Balaban J connectivity index is 1.66. The summed E-state index contributed by atoms with van der Waals surface area (Å²) in [6.07, 6.45) is 11.1. The lowest BCUT2D eigenvalue weighted by atomic mass is 10.1. The molecule has 0 spiro atoms. The summed E-state index contributed by atoms with van der Waals surface area (Å²) in [6.45, 7) is 10.2. The molecular formula is C22H29FN4. The van der Waals surface area contributed by atoms with Gasteiger partial charge in [0, 0.05) is 56.5 Å². The Morgan fingerprint density at radius 2 is 1.74 bits per heavy atom. The van der Waals surface area contributed by atoms with Crippen LogP contribution in [0.2, 0.25) is 0 Å². The first kappa shape index (κ1) is 19.4. The van der Waals surface area contributed by atoms with Crippen LogP contribution in [-0.4, -0.2) is 25.6 Å². The van der Waals surface area contributed by atoms with Crippen LogP contribution in [0.5, 0.6) is 0 Å². The highest BCUT2D eigenvalue weighted by molar-refractivity contribution is 5.17. The molecule has 1 aromatic carbocycles. The van der Waals surface area contributed by atoms with Crippen LogP contribution in [0, 0.1) is 5.82 Å². The van der Waals surface area contributed by atoms with Crippen molar-refractivity contribution < 1.29 is 4.39 Å². The second kappa shape index (κ2) is 8.53. The van der Waals surface area contributed by atoms with E-state index in [-0.39, 0.29) is 11.4 Å². The molecule has 0 unspecified atom stereocenters. The number of aromatic nitrogens is 3. The molecular weight excluding hydrogens is 339 g/mol. The van der Waals surface area contributed by atoms with E-state index in [4.69, 9.17) is 0 Å². The van der Waals surface area contributed by atoms with Gasteiger partial charge in [-0.05, 0) is 56.5 Å². The quantitative estimate of drug-likeness (QED) is 0.577. The van der Waals surface area contributed by atoms with Gasteiger partial charge in [-0.2, -0.15) is 0 Å². The minimum atomic E-state index is -0.187. The summed E-state index contributed by atoms with van der Waals surface area (Å²) in [4.78, 5) is 6.52. The fourth-order valence-corrected chi connectivity index (χ4v) is 3.17. The van der Waals surface area contributed by atoms with Gasteiger partial charge in [-0.1, -0.05) is 12.1 Å². The molecule has 0 saturated carbocycles. The van der Waals surface area contributed by atoms with Crippen LogP contribution in [0.3, 0.4) is 0 Å². The lowest BCUT2D eigenvalue weighted by Gasteiger charge is -2.23. The average Bonchev–Trinajstić information content (AvgIpc) is 3.28. The Kier molecular flexibility index (Phi) is 6.11. The lowest BCUT2D eigenvalue weighted by molar-refractivity contribution is 0.248. The Morgan fingerprint density at radius 3 is 2.37 bits per heavy atom. The van der Waals surface area contributed by atoms with Crippen LogP contribution in [0.15, 0.2) is 61.4 Å². The third-order valence-electron chi connectivity index (χ3n) is 4.70. The van der Waals surface area contributed by atoms with E-state index in [0.717, 1.165) is 38.2 Å². The number of nitrogens with zero attached hydrogens (tertiary/aromatic N) is 4. The number of aryl methyl sites for hydroxylation is 1. The Labute approximate surface area is 161 Å². The Bertz CT molecular complexity index is 813. The van der Waals surface area contributed by atoms with Crippen molar-refractivity contribution in [3.8, 4) is 0 Å². The van der Waals surface area contributed by atoms with Gasteiger partial charge in [0.15, 0.2) is 0 Å². The van der Waals surface area contributed by atoms with Gasteiger partial charge in [0.1, 0.15) is 5.82 Å². The highest BCUT2D eigenvalue weighted by Crippen LogP contribution is 2.18. The minimum Gasteiger partial charge on any atom is -0.349 e. The van der Waals surface area contributed by atoms with Crippen molar-refractivity contribution in [2.45, 2.75) is 52.4 Å². The number of halogens is 1. The molecule has 144 valence electrons. The highest BCUT2D eigenvalue weighted by Gasteiger charge is 2.14. The molecule has 2 heterocycles. The van der Waals surface area contributed by atoms with Crippen molar-refractivity contribution in [1.29, 1.82) is 0 Å². The molecule has 0 aliphatic carbocycles. The third kappa shape index (κ3) is 5.79. The molecule has 0 atom stereocenters. The fraction of sp³-hybridized carbons (Fsp3) is 0.409. The maximum Gasteiger partial charge on any atom is 0.123 e. The summed E-state index contributed by atoms with van der Waals surface area (Å²) in [5.74, 6) is -0.187. The molecule has 0 aliphatic heterocycles.